The average molecular weight is 1380 g/mol. The lowest BCUT2D eigenvalue weighted by molar-refractivity contribution is 0.590. The molecule has 0 saturated heterocycles. The van der Waals surface area contributed by atoms with Crippen molar-refractivity contribution < 1.29 is 8.83 Å². The van der Waals surface area contributed by atoms with Crippen LogP contribution >= 0.6 is 0 Å². The Hall–Kier alpha value is -12.4. The van der Waals surface area contributed by atoms with Crippen molar-refractivity contribution in [1.82, 2.24) is 0 Å². The molecule has 0 spiro atoms. The molecule has 19 rings (SSSR count). The number of nitrogens with zero attached hydrogens (tertiary/aromatic N) is 2. The SMILES string of the molecule is CC(C)(C)c1cc(-c2ccccc2)c(N2c3cc4c(cc3B3c5cc6oc7c(-c8ccccc8)cccc7c6cc5N(c5c(-c6cccc(-c7ccccc7)c6)cc(C(C)(C)C)cc5-c5cccc(-c6ccccc6)c5)c5cc(C(C)(C)C)cc2c53)oc2c(-c3ccccc3)cccc24)c(-c2ccccc2)c1. The molecule has 0 fully saturated rings. The second-order valence-corrected chi connectivity index (χ2v) is 32.4. The third-order valence-electron chi connectivity index (χ3n) is 22.5. The van der Waals surface area contributed by atoms with Gasteiger partial charge in [0, 0.05) is 77.7 Å². The summed E-state index contributed by atoms with van der Waals surface area (Å²) in [7, 11) is 0. The van der Waals surface area contributed by atoms with Gasteiger partial charge in [-0.2, -0.15) is 0 Å². The van der Waals surface area contributed by atoms with Crippen LogP contribution in [0.25, 0.3) is 133 Å². The summed E-state index contributed by atoms with van der Waals surface area (Å²) in [5, 5.41) is 4.21. The van der Waals surface area contributed by atoms with Crippen molar-refractivity contribution in [3.8, 4) is 89.0 Å². The average Bonchev–Trinajstić information content (AvgIpc) is 0.719. The minimum Gasteiger partial charge on any atom is -0.455 e. The van der Waals surface area contributed by atoms with Crippen molar-refractivity contribution >= 4 is 101 Å². The summed E-state index contributed by atoms with van der Waals surface area (Å²) in [6.45, 7) is 20.9. The van der Waals surface area contributed by atoms with Crippen molar-refractivity contribution in [3.63, 3.8) is 0 Å². The van der Waals surface area contributed by atoms with Gasteiger partial charge in [0.05, 0.1) is 11.4 Å². The molecule has 2 aliphatic heterocycles. The molecule has 2 aromatic heterocycles. The fourth-order valence-corrected chi connectivity index (χ4v) is 16.9. The van der Waals surface area contributed by atoms with E-state index in [1.807, 2.05) is 0 Å². The van der Waals surface area contributed by atoms with Gasteiger partial charge in [0.1, 0.15) is 22.3 Å². The van der Waals surface area contributed by atoms with Crippen LogP contribution in [0.15, 0.2) is 336 Å². The molecule has 0 saturated carbocycles. The van der Waals surface area contributed by atoms with Crippen LogP contribution in [0.4, 0.5) is 34.1 Å². The second-order valence-electron chi connectivity index (χ2n) is 32.4. The number of hydrogen-bond donors (Lipinski definition) is 0. The second kappa shape index (κ2) is 25.1. The molecule has 4 nitrogen and oxygen atoms in total. The molecule has 0 N–H and O–H groups in total. The van der Waals surface area contributed by atoms with Crippen LogP contribution in [-0.4, -0.2) is 6.71 Å². The predicted octanol–water partition coefficient (Wildman–Crippen LogP) is 26.8. The van der Waals surface area contributed by atoms with Crippen molar-refractivity contribution in [3.05, 3.63) is 344 Å². The van der Waals surface area contributed by atoms with Crippen LogP contribution in [0, 0.1) is 0 Å². The highest BCUT2D eigenvalue weighted by Gasteiger charge is 2.47. The van der Waals surface area contributed by atoms with Gasteiger partial charge in [0.15, 0.2) is 0 Å². The minimum absolute atomic E-state index is 0.215. The zero-order valence-corrected chi connectivity index (χ0v) is 62.0. The van der Waals surface area contributed by atoms with Crippen molar-refractivity contribution in [2.24, 2.45) is 0 Å². The van der Waals surface area contributed by atoms with Crippen LogP contribution in [0.2, 0.25) is 0 Å². The molecule has 2 aliphatic rings. The number of benzene rings is 15. The number of para-hydroxylation sites is 2. The summed E-state index contributed by atoms with van der Waals surface area (Å²) in [5.41, 5.74) is 34.2. The first-order valence-electron chi connectivity index (χ1n) is 37.6. The largest absolute Gasteiger partial charge is 0.455 e. The molecule has 0 bridgehead atoms. The Bertz CT molecular complexity index is 6190. The van der Waals surface area contributed by atoms with Crippen LogP contribution in [0.3, 0.4) is 0 Å². The van der Waals surface area contributed by atoms with Gasteiger partial charge < -0.3 is 18.6 Å². The van der Waals surface area contributed by atoms with Gasteiger partial charge in [0.25, 0.3) is 6.71 Å². The Labute approximate surface area is 627 Å². The highest BCUT2D eigenvalue weighted by molar-refractivity contribution is 7.00. The quantitative estimate of drug-likeness (QED) is 0.128. The highest BCUT2D eigenvalue weighted by atomic mass is 16.3. The summed E-state index contributed by atoms with van der Waals surface area (Å²) >= 11 is 0. The predicted molar refractivity (Wildman–Crippen MR) is 455 cm³/mol. The van der Waals surface area contributed by atoms with Gasteiger partial charge in [-0.1, -0.05) is 317 Å². The first-order chi connectivity index (χ1) is 52.0. The van der Waals surface area contributed by atoms with Crippen molar-refractivity contribution in [1.29, 1.82) is 0 Å². The summed E-state index contributed by atoms with van der Waals surface area (Å²) in [6.07, 6.45) is 0. The summed E-state index contributed by atoms with van der Waals surface area (Å²) in [5.74, 6) is 0. The maximum absolute atomic E-state index is 7.55. The molecule has 0 atom stereocenters. The lowest BCUT2D eigenvalue weighted by atomic mass is 9.33. The van der Waals surface area contributed by atoms with Gasteiger partial charge in [-0.3, -0.25) is 0 Å². The normalized spacial score (nSPS) is 12.9. The standard InChI is InChI=1S/C102H81BN2O2/c1-100(2,3)74-54-81(68-40-24-14-25-41-68)96(82(55-74)69-42-26-15-27-43-69)104-89-60-85-79-50-30-48-77(66-36-20-12-21-37-66)98(79)106-93(85)62-87(89)103-88-63-94-86(80-51-31-49-78(99(80)107-94)67-38-22-13-23-39-67)61-90(88)105(92-59-76(102(7,8)9)58-91(104)95(92)103)97-83(72-46-28-44-70(52-72)64-32-16-10-17-33-64)56-75(101(4,5)6)57-84(97)73-47-29-45-71(53-73)65-34-18-11-19-35-65/h10-63H,1-9H3. The maximum atomic E-state index is 7.55. The van der Waals surface area contributed by atoms with E-state index in [9.17, 15) is 0 Å². The van der Waals surface area contributed by atoms with Crippen molar-refractivity contribution in [2.75, 3.05) is 9.80 Å². The Balaban J connectivity index is 1.02. The minimum atomic E-state index is -0.373. The zero-order chi connectivity index (χ0) is 72.6. The van der Waals surface area contributed by atoms with Gasteiger partial charge in [-0.05, 0) is 178 Å². The van der Waals surface area contributed by atoms with E-state index >= 15 is 0 Å². The van der Waals surface area contributed by atoms with Crippen molar-refractivity contribution in [2.45, 2.75) is 78.6 Å². The molecule has 0 amide bonds. The number of hydrogen-bond acceptors (Lipinski definition) is 4. The summed E-state index contributed by atoms with van der Waals surface area (Å²) < 4.78 is 15.1. The summed E-state index contributed by atoms with van der Waals surface area (Å²) in [4.78, 5) is 5.41. The molecule has 514 valence electrons. The van der Waals surface area contributed by atoms with Crippen LogP contribution in [0.1, 0.15) is 79.0 Å². The van der Waals surface area contributed by atoms with E-state index in [0.29, 0.717) is 0 Å². The first kappa shape index (κ1) is 65.3. The number of rotatable bonds is 10. The number of furan rings is 2. The van der Waals surface area contributed by atoms with E-state index in [2.05, 4.69) is 400 Å². The Morgan fingerprint density at radius 1 is 0.234 bits per heavy atom. The first-order valence-corrected chi connectivity index (χ1v) is 37.6. The maximum Gasteiger partial charge on any atom is 0.252 e. The third kappa shape index (κ3) is 11.1. The smallest absolute Gasteiger partial charge is 0.252 e. The van der Waals surface area contributed by atoms with E-state index in [1.165, 1.54) is 22.2 Å². The van der Waals surface area contributed by atoms with Gasteiger partial charge >= 0.3 is 0 Å². The molecule has 0 aliphatic carbocycles. The van der Waals surface area contributed by atoms with Crippen LogP contribution < -0.4 is 26.2 Å². The molecule has 15 aromatic carbocycles. The van der Waals surface area contributed by atoms with Gasteiger partial charge in [-0.15, -0.1) is 0 Å². The molecule has 17 aromatic rings. The third-order valence-corrected chi connectivity index (χ3v) is 22.5. The molecule has 5 heteroatoms. The zero-order valence-electron chi connectivity index (χ0n) is 62.0. The lowest BCUT2D eigenvalue weighted by Gasteiger charge is -2.46. The van der Waals surface area contributed by atoms with Gasteiger partial charge in [0.2, 0.25) is 0 Å². The fraction of sp³-hybridized carbons (Fsp3) is 0.118. The fourth-order valence-electron chi connectivity index (χ4n) is 16.9. The van der Waals surface area contributed by atoms with E-state index in [-0.39, 0.29) is 23.0 Å². The Morgan fingerprint density at radius 2 is 0.523 bits per heavy atom. The Kier molecular flexibility index (Phi) is 15.4. The van der Waals surface area contributed by atoms with E-state index in [1.54, 1.807) is 0 Å². The molecule has 0 unspecified atom stereocenters. The molecule has 4 heterocycles. The molecular weight excluding hydrogens is 1300 g/mol. The molecule has 0 radical (unpaired) electrons. The topological polar surface area (TPSA) is 32.8 Å². The lowest BCUT2D eigenvalue weighted by Crippen LogP contribution is -2.61. The Morgan fingerprint density at radius 3 is 0.869 bits per heavy atom. The van der Waals surface area contributed by atoms with Gasteiger partial charge in [-0.25, -0.2) is 0 Å². The van der Waals surface area contributed by atoms with E-state index < -0.39 is 0 Å². The molecular formula is C102H81BN2O2. The summed E-state index contributed by atoms with van der Waals surface area (Å²) in [6, 6.07) is 122. The number of anilines is 6. The van der Waals surface area contributed by atoms with Crippen LogP contribution in [0.5, 0.6) is 0 Å². The van der Waals surface area contributed by atoms with E-state index in [4.69, 9.17) is 8.83 Å². The van der Waals surface area contributed by atoms with Crippen LogP contribution in [-0.2, 0) is 16.2 Å². The van der Waals surface area contributed by atoms with E-state index in [0.717, 1.165) is 178 Å². The highest BCUT2D eigenvalue weighted by Crippen LogP contribution is 2.57. The number of fused-ring (bicyclic) bond motifs is 10. The monoisotopic (exact) mass is 1380 g/mol. The molecule has 107 heavy (non-hydrogen) atoms.